The molecular formula is C5H9ClGe. The molecule has 0 aromatic rings. The van der Waals surface area contributed by atoms with Crippen LogP contribution in [0.4, 0.5) is 0 Å². The van der Waals surface area contributed by atoms with Crippen LogP contribution in [0.2, 0.25) is 17.3 Å². The van der Waals surface area contributed by atoms with E-state index in [0.717, 1.165) is 0 Å². The first-order valence-electron chi connectivity index (χ1n) is 2.19. The molecule has 0 saturated heterocycles. The van der Waals surface area contributed by atoms with Crippen molar-refractivity contribution in [1.29, 1.82) is 0 Å². The van der Waals surface area contributed by atoms with Gasteiger partial charge in [-0.1, -0.05) is 0 Å². The molecule has 40 valence electrons. The van der Waals surface area contributed by atoms with Gasteiger partial charge < -0.3 is 0 Å². The zero-order valence-corrected chi connectivity index (χ0v) is 7.73. The van der Waals surface area contributed by atoms with Crippen molar-refractivity contribution >= 4 is 24.9 Å². The molecule has 0 bridgehead atoms. The van der Waals surface area contributed by atoms with Crippen LogP contribution in [0.15, 0.2) is 0 Å². The van der Waals surface area contributed by atoms with Crippen molar-refractivity contribution in [2.24, 2.45) is 0 Å². The summed E-state index contributed by atoms with van der Waals surface area (Å²) < 4.78 is 2.99. The second-order valence-electron chi connectivity index (χ2n) is 2.47. The summed E-state index contributed by atoms with van der Waals surface area (Å²) in [5.74, 6) is 6.61. The van der Waals surface area contributed by atoms with Gasteiger partial charge in [-0.2, -0.15) is 0 Å². The van der Waals surface area contributed by atoms with Gasteiger partial charge >= 0.3 is 52.3 Å². The minimum atomic E-state index is -1.57. The third kappa shape index (κ3) is 6.39. The van der Waals surface area contributed by atoms with Crippen LogP contribution >= 0.6 is 11.6 Å². The molecule has 0 aliphatic carbocycles. The summed E-state index contributed by atoms with van der Waals surface area (Å²) in [4.78, 5) is 0. The summed E-state index contributed by atoms with van der Waals surface area (Å²) in [7, 11) is 0. The molecule has 0 radical (unpaired) electrons. The van der Waals surface area contributed by atoms with Crippen molar-refractivity contribution in [3.8, 4) is 10.1 Å². The molecule has 0 rings (SSSR count). The van der Waals surface area contributed by atoms with E-state index in [1.165, 1.54) is 0 Å². The molecule has 7 heavy (non-hydrogen) atoms. The van der Waals surface area contributed by atoms with Crippen molar-refractivity contribution in [2.75, 3.05) is 0 Å². The predicted octanol–water partition coefficient (Wildman–Crippen LogP) is 2.06. The van der Waals surface area contributed by atoms with Crippen LogP contribution in [-0.2, 0) is 0 Å². The van der Waals surface area contributed by atoms with Gasteiger partial charge in [0.15, 0.2) is 0 Å². The Hall–Kier alpha value is 0.393. The normalized spacial score (nSPS) is 9.71. The maximum atomic E-state index is 5.17. The molecule has 0 nitrogen and oxygen atoms in total. The summed E-state index contributed by atoms with van der Waals surface area (Å²) in [6.07, 6.45) is 0. The Morgan fingerprint density at radius 3 is 1.71 bits per heavy atom. The van der Waals surface area contributed by atoms with Crippen LogP contribution in [-0.4, -0.2) is 13.3 Å². The SMILES string of the molecule is [CH3][Ge]([CH3])([CH3])[C]#CCl. The molecule has 2 heteroatoms. The van der Waals surface area contributed by atoms with Gasteiger partial charge in [0.05, 0.1) is 0 Å². The van der Waals surface area contributed by atoms with Crippen LogP contribution in [0.25, 0.3) is 0 Å². The molecule has 0 spiro atoms. The molecule has 0 aromatic heterocycles. The number of halogens is 1. The van der Waals surface area contributed by atoms with E-state index < -0.39 is 13.3 Å². The van der Waals surface area contributed by atoms with Gasteiger partial charge in [0.1, 0.15) is 0 Å². The van der Waals surface area contributed by atoms with Gasteiger partial charge in [0.2, 0.25) is 0 Å². The molecule has 0 heterocycles. The van der Waals surface area contributed by atoms with Crippen molar-refractivity contribution in [3.05, 3.63) is 0 Å². The maximum absolute atomic E-state index is 5.17. The topological polar surface area (TPSA) is 0 Å². The number of hydrogen-bond acceptors (Lipinski definition) is 0. The fraction of sp³-hybridized carbons (Fsp3) is 0.600. The van der Waals surface area contributed by atoms with E-state index in [9.17, 15) is 0 Å². The third-order valence-electron chi connectivity index (χ3n) is 0.422. The van der Waals surface area contributed by atoms with Gasteiger partial charge in [-0.05, 0) is 0 Å². The summed E-state index contributed by atoms with van der Waals surface area (Å²) in [6.45, 7) is 0. The van der Waals surface area contributed by atoms with Crippen molar-refractivity contribution in [1.82, 2.24) is 0 Å². The molecule has 0 amide bonds. The Morgan fingerprint density at radius 2 is 1.71 bits per heavy atom. The second kappa shape index (κ2) is 2.64. The molecule has 0 atom stereocenters. The summed E-state index contributed by atoms with van der Waals surface area (Å²) in [5.41, 5.74) is 0. The van der Waals surface area contributed by atoms with Crippen molar-refractivity contribution in [3.63, 3.8) is 0 Å². The first kappa shape index (κ1) is 7.39. The molecule has 0 N–H and O–H groups in total. The minimum absolute atomic E-state index is 1.57. The van der Waals surface area contributed by atoms with Gasteiger partial charge in [-0.15, -0.1) is 0 Å². The third-order valence-corrected chi connectivity index (χ3v) is 2.69. The fourth-order valence-electron chi connectivity index (χ4n) is 0.142. The molecule has 0 aromatic carbocycles. The molecule has 0 aliphatic rings. The Balaban J connectivity index is 3.72. The van der Waals surface area contributed by atoms with Crippen molar-refractivity contribution in [2.45, 2.75) is 17.3 Å². The first-order valence-corrected chi connectivity index (χ1v) is 9.91. The van der Waals surface area contributed by atoms with Crippen LogP contribution in [0, 0.1) is 10.1 Å². The predicted molar refractivity (Wildman–Crippen MR) is 37.0 cm³/mol. The van der Waals surface area contributed by atoms with E-state index in [1.807, 2.05) is 0 Å². The van der Waals surface area contributed by atoms with Crippen LogP contribution in [0.5, 0.6) is 0 Å². The van der Waals surface area contributed by atoms with Gasteiger partial charge in [-0.3, -0.25) is 0 Å². The van der Waals surface area contributed by atoms with Crippen molar-refractivity contribution < 1.29 is 0 Å². The van der Waals surface area contributed by atoms with E-state index in [1.54, 1.807) is 0 Å². The Kier molecular flexibility index (Phi) is 2.79. The Morgan fingerprint density at radius 1 is 1.29 bits per heavy atom. The monoisotopic (exact) mass is 178 g/mol. The van der Waals surface area contributed by atoms with Crippen LogP contribution in [0.3, 0.4) is 0 Å². The number of rotatable bonds is 0. The van der Waals surface area contributed by atoms with Gasteiger partial charge in [0.25, 0.3) is 0 Å². The zero-order chi connectivity index (χ0) is 5.91. The zero-order valence-electron chi connectivity index (χ0n) is 4.88. The van der Waals surface area contributed by atoms with E-state index in [4.69, 9.17) is 11.6 Å². The quantitative estimate of drug-likeness (QED) is 0.392. The van der Waals surface area contributed by atoms with E-state index in [2.05, 4.69) is 27.4 Å². The molecule has 0 saturated carbocycles. The average Bonchev–Trinajstić information content (AvgIpc) is 1.30. The van der Waals surface area contributed by atoms with Crippen LogP contribution in [0.1, 0.15) is 0 Å². The summed E-state index contributed by atoms with van der Waals surface area (Å²) >= 11 is 3.60. The standard InChI is InChI=1S/C5H9ClGe/c1-7(2,3)5-4-6/h1-3H3. The molecule has 0 fully saturated rings. The van der Waals surface area contributed by atoms with Gasteiger partial charge in [-0.25, -0.2) is 0 Å². The van der Waals surface area contributed by atoms with Crippen LogP contribution < -0.4 is 0 Å². The fourth-order valence-corrected chi connectivity index (χ4v) is 2.21. The molecular weight excluding hydrogens is 168 g/mol. The molecule has 0 unspecified atom stereocenters. The summed E-state index contributed by atoms with van der Waals surface area (Å²) in [6, 6.07) is 0. The average molecular weight is 177 g/mol. The number of hydrogen-bond donors (Lipinski definition) is 0. The van der Waals surface area contributed by atoms with Gasteiger partial charge in [0, 0.05) is 0 Å². The summed E-state index contributed by atoms with van der Waals surface area (Å²) in [5, 5.41) is 2.41. The Labute approximate surface area is 52.6 Å². The second-order valence-corrected chi connectivity index (χ2v) is 12.6. The Bertz CT molecular complexity index is 101. The van der Waals surface area contributed by atoms with E-state index >= 15 is 0 Å². The van der Waals surface area contributed by atoms with E-state index in [-0.39, 0.29) is 0 Å². The van der Waals surface area contributed by atoms with E-state index in [0.29, 0.717) is 0 Å². The molecule has 0 aliphatic heterocycles. The first-order chi connectivity index (χ1) is 3.06.